The van der Waals surface area contributed by atoms with E-state index in [0.29, 0.717) is 23.9 Å². The molecule has 0 saturated carbocycles. The van der Waals surface area contributed by atoms with Crippen LogP contribution >= 0.6 is 43.2 Å². The van der Waals surface area contributed by atoms with Crippen LogP contribution in [0.2, 0.25) is 0 Å². The van der Waals surface area contributed by atoms with E-state index in [1.807, 2.05) is 29.2 Å². The van der Waals surface area contributed by atoms with Gasteiger partial charge in [-0.25, -0.2) is 14.6 Å². The molecule has 0 aliphatic heterocycles. The molecule has 0 N–H and O–H groups in total. The maximum atomic E-state index is 11.2. The summed E-state index contributed by atoms with van der Waals surface area (Å²) in [7, 11) is 2.48. The van der Waals surface area contributed by atoms with E-state index in [2.05, 4.69) is 56.5 Å². The lowest BCUT2D eigenvalue weighted by Gasteiger charge is -2.24. The fourth-order valence-electron chi connectivity index (χ4n) is 2.79. The van der Waals surface area contributed by atoms with E-state index in [0.717, 1.165) is 24.8 Å². The molecule has 0 fully saturated rings. The van der Waals surface area contributed by atoms with Crippen molar-refractivity contribution in [3.05, 3.63) is 45.3 Å². The van der Waals surface area contributed by atoms with Gasteiger partial charge in [-0.15, -0.1) is 10.2 Å². The van der Waals surface area contributed by atoms with Crippen molar-refractivity contribution in [3.63, 3.8) is 0 Å². The van der Waals surface area contributed by atoms with Gasteiger partial charge in [0.25, 0.3) is 0 Å². The number of ether oxygens (including phenoxy) is 4. The van der Waals surface area contributed by atoms with Gasteiger partial charge in [0, 0.05) is 14.6 Å². The van der Waals surface area contributed by atoms with Crippen molar-refractivity contribution < 1.29 is 28.5 Å². The molecular weight excluding hydrogens is 596 g/mol. The van der Waals surface area contributed by atoms with Gasteiger partial charge in [-0.05, 0) is 52.3 Å². The predicted molar refractivity (Wildman–Crippen MR) is 135 cm³/mol. The van der Waals surface area contributed by atoms with Crippen LogP contribution in [0.4, 0.5) is 26.1 Å². The van der Waals surface area contributed by atoms with Crippen molar-refractivity contribution in [3.8, 4) is 0 Å². The second-order valence-corrected chi connectivity index (χ2v) is 9.32. The Kier molecular flexibility index (Phi) is 9.60. The van der Waals surface area contributed by atoms with Crippen LogP contribution in [0.15, 0.2) is 55.6 Å². The number of carbonyl (C=O) groups is 2. The van der Waals surface area contributed by atoms with Gasteiger partial charge in [-0.2, -0.15) is 0 Å². The molecule has 10 nitrogen and oxygen atoms in total. The van der Waals surface area contributed by atoms with Gasteiger partial charge in [0.15, 0.2) is 0 Å². The third-order valence-corrected chi connectivity index (χ3v) is 6.31. The maximum Gasteiger partial charge on any atom is 0.508 e. The average Bonchev–Trinajstić information content (AvgIpc) is 3.25. The Hall–Kier alpha value is -2.77. The number of nitrogens with zero attached hydrogens (tertiary/aromatic N) is 4. The first kappa shape index (κ1) is 25.8. The molecule has 0 saturated heterocycles. The van der Waals surface area contributed by atoms with E-state index in [4.69, 9.17) is 9.47 Å². The molecule has 34 heavy (non-hydrogen) atoms. The molecule has 180 valence electrons. The highest BCUT2D eigenvalue weighted by molar-refractivity contribution is 9.11. The molecule has 3 rings (SSSR count). The minimum absolute atomic E-state index is 0.0929. The van der Waals surface area contributed by atoms with Crippen molar-refractivity contribution in [2.75, 3.05) is 45.4 Å². The Balaban J connectivity index is 1.68. The van der Waals surface area contributed by atoms with Crippen molar-refractivity contribution in [1.82, 2.24) is 4.98 Å². The molecule has 0 atom stereocenters. The lowest BCUT2D eigenvalue weighted by molar-refractivity contribution is 0.0717. The third kappa shape index (κ3) is 7.37. The Labute approximate surface area is 216 Å². The molecule has 1 heterocycles. The number of aromatic nitrogens is 1. The summed E-state index contributed by atoms with van der Waals surface area (Å²) in [6.07, 6.45) is -1.54. The zero-order valence-electron chi connectivity index (χ0n) is 18.2. The third-order valence-electron chi connectivity index (χ3n) is 4.36. The number of rotatable bonds is 9. The Morgan fingerprint density at radius 3 is 2.18 bits per heavy atom. The van der Waals surface area contributed by atoms with Crippen molar-refractivity contribution in [1.29, 1.82) is 0 Å². The maximum absolute atomic E-state index is 11.2. The first-order valence-electron chi connectivity index (χ1n) is 9.83. The van der Waals surface area contributed by atoms with E-state index in [1.54, 1.807) is 12.1 Å². The number of benzene rings is 2. The number of methoxy groups -OCH3 is 2. The van der Waals surface area contributed by atoms with Gasteiger partial charge in [-0.1, -0.05) is 27.3 Å². The summed E-state index contributed by atoms with van der Waals surface area (Å²) in [5.41, 5.74) is 2.28. The van der Waals surface area contributed by atoms with Gasteiger partial charge in [0.2, 0.25) is 5.13 Å². The van der Waals surface area contributed by atoms with Crippen molar-refractivity contribution >= 4 is 82.2 Å². The van der Waals surface area contributed by atoms with Gasteiger partial charge in [-0.3, -0.25) is 0 Å². The standard InChI is InChI=1S/C21H20Br2N4O6S/c1-30-20(28)32-9-7-27(8-10-33-21(29)31-2)15-5-3-14(4-6-15)25-26-19-24-18-16(23)11-13(22)12-17(18)34-19/h3-6,11-12H,7-10H2,1-2H3. The van der Waals surface area contributed by atoms with Crippen LogP contribution in [0.1, 0.15) is 0 Å². The Morgan fingerprint density at radius 2 is 1.59 bits per heavy atom. The lowest BCUT2D eigenvalue weighted by atomic mass is 10.2. The molecular formula is C21H20Br2N4O6S. The summed E-state index contributed by atoms with van der Waals surface area (Å²) in [5, 5.41) is 9.07. The molecule has 0 aliphatic carbocycles. The number of fused-ring (bicyclic) bond motifs is 1. The van der Waals surface area contributed by atoms with E-state index in [-0.39, 0.29) is 13.2 Å². The van der Waals surface area contributed by atoms with E-state index < -0.39 is 12.3 Å². The zero-order chi connectivity index (χ0) is 24.5. The normalized spacial score (nSPS) is 10.9. The number of azo groups is 1. The number of thiazole rings is 1. The molecule has 0 bridgehead atoms. The minimum Gasteiger partial charge on any atom is -0.438 e. The van der Waals surface area contributed by atoms with E-state index in [1.165, 1.54) is 25.6 Å². The molecule has 0 unspecified atom stereocenters. The monoisotopic (exact) mass is 614 g/mol. The second kappa shape index (κ2) is 12.6. The van der Waals surface area contributed by atoms with Crippen LogP contribution < -0.4 is 4.90 Å². The topological polar surface area (TPSA) is 112 Å². The summed E-state index contributed by atoms with van der Waals surface area (Å²) in [6.45, 7) is 0.901. The first-order chi connectivity index (χ1) is 16.4. The molecule has 13 heteroatoms. The molecule has 3 aromatic rings. The summed E-state index contributed by atoms with van der Waals surface area (Å²) in [4.78, 5) is 28.8. The van der Waals surface area contributed by atoms with Crippen LogP contribution in [0.3, 0.4) is 0 Å². The average molecular weight is 616 g/mol. The van der Waals surface area contributed by atoms with Gasteiger partial charge in [0.1, 0.15) is 13.2 Å². The summed E-state index contributed by atoms with van der Waals surface area (Å²) in [6, 6.07) is 11.2. The van der Waals surface area contributed by atoms with Crippen LogP contribution in [-0.4, -0.2) is 57.8 Å². The largest absolute Gasteiger partial charge is 0.508 e. The summed E-state index contributed by atoms with van der Waals surface area (Å²) >= 11 is 8.41. The highest BCUT2D eigenvalue weighted by atomic mass is 79.9. The first-order valence-corrected chi connectivity index (χ1v) is 12.2. The van der Waals surface area contributed by atoms with Gasteiger partial charge < -0.3 is 23.8 Å². The molecule has 0 radical (unpaired) electrons. The molecule has 1 aromatic heterocycles. The number of halogens is 2. The fraction of sp³-hybridized carbons (Fsp3) is 0.286. The fourth-order valence-corrected chi connectivity index (χ4v) is 5.24. The van der Waals surface area contributed by atoms with Crippen LogP contribution in [-0.2, 0) is 18.9 Å². The highest BCUT2D eigenvalue weighted by Crippen LogP contribution is 2.35. The van der Waals surface area contributed by atoms with Crippen molar-refractivity contribution in [2.45, 2.75) is 0 Å². The molecule has 0 aliphatic rings. The Morgan fingerprint density at radius 1 is 0.971 bits per heavy atom. The van der Waals surface area contributed by atoms with Crippen LogP contribution in [0.5, 0.6) is 0 Å². The van der Waals surface area contributed by atoms with E-state index in [9.17, 15) is 9.59 Å². The molecule has 0 spiro atoms. The van der Waals surface area contributed by atoms with Gasteiger partial charge in [0.05, 0.1) is 43.2 Å². The van der Waals surface area contributed by atoms with Crippen molar-refractivity contribution in [2.24, 2.45) is 10.2 Å². The van der Waals surface area contributed by atoms with E-state index >= 15 is 0 Å². The molecule has 0 amide bonds. The summed E-state index contributed by atoms with van der Waals surface area (Å²) in [5.74, 6) is 0. The summed E-state index contributed by atoms with van der Waals surface area (Å²) < 4.78 is 21.7. The minimum atomic E-state index is -0.768. The van der Waals surface area contributed by atoms with Gasteiger partial charge >= 0.3 is 12.3 Å². The zero-order valence-corrected chi connectivity index (χ0v) is 22.2. The lowest BCUT2D eigenvalue weighted by Crippen LogP contribution is -2.32. The van der Waals surface area contributed by atoms with Crippen LogP contribution in [0.25, 0.3) is 10.2 Å². The quantitative estimate of drug-likeness (QED) is 0.195. The predicted octanol–water partition coefficient (Wildman–Crippen LogP) is 6.61. The number of anilines is 1. The smallest absolute Gasteiger partial charge is 0.438 e. The number of carbonyl (C=O) groups excluding carboxylic acids is 2. The number of hydrogen-bond acceptors (Lipinski definition) is 11. The highest BCUT2D eigenvalue weighted by Gasteiger charge is 2.11. The molecule has 2 aromatic carbocycles. The number of hydrogen-bond donors (Lipinski definition) is 0. The second-order valence-electron chi connectivity index (χ2n) is 6.54. The SMILES string of the molecule is COC(=O)OCCN(CCOC(=O)OC)c1ccc(N=Nc2nc3c(Br)cc(Br)cc3s2)cc1. The van der Waals surface area contributed by atoms with Crippen LogP contribution in [0, 0.1) is 0 Å². The Bertz CT molecular complexity index is 1150.